The highest BCUT2D eigenvalue weighted by Crippen LogP contribution is 2.45. The zero-order valence-corrected chi connectivity index (χ0v) is 27.6. The van der Waals surface area contributed by atoms with Crippen molar-refractivity contribution in [2.45, 2.75) is 154 Å². The van der Waals surface area contributed by atoms with E-state index in [4.69, 9.17) is 4.74 Å². The van der Waals surface area contributed by atoms with Gasteiger partial charge in [0.05, 0.1) is 12.2 Å². The summed E-state index contributed by atoms with van der Waals surface area (Å²) >= 11 is 0. The van der Waals surface area contributed by atoms with E-state index in [9.17, 15) is 17.6 Å². The van der Waals surface area contributed by atoms with Crippen LogP contribution < -0.4 is 0 Å². The van der Waals surface area contributed by atoms with Crippen molar-refractivity contribution in [2.75, 3.05) is 6.61 Å². The van der Waals surface area contributed by atoms with Gasteiger partial charge in [-0.05, 0) is 149 Å². The van der Waals surface area contributed by atoms with Gasteiger partial charge in [-0.1, -0.05) is 51.2 Å². The van der Waals surface area contributed by atoms with Crippen molar-refractivity contribution in [3.8, 4) is 0 Å². The predicted molar refractivity (Wildman–Crippen MR) is 172 cm³/mol. The fourth-order valence-electron chi connectivity index (χ4n) is 9.40. The lowest BCUT2D eigenvalue weighted by molar-refractivity contribution is -0.0821. The van der Waals surface area contributed by atoms with Crippen LogP contribution in [-0.4, -0.2) is 18.9 Å². The van der Waals surface area contributed by atoms with Gasteiger partial charge in [0.2, 0.25) is 0 Å². The number of rotatable bonds is 11. The van der Waals surface area contributed by atoms with Crippen LogP contribution in [0.4, 0.5) is 22.0 Å². The SMILES string of the molecule is CCCCCC1CCC(C2CCC(c3ccc(CCC4CCC(C5CCC(C(F)=CC(F)(F)F)CC5)CC4)c(F)c3)CC2)OC1. The predicted octanol–water partition coefficient (Wildman–Crippen LogP) is 12.4. The summed E-state index contributed by atoms with van der Waals surface area (Å²) in [5, 5.41) is 0. The molecular formula is C39H57F5O. The van der Waals surface area contributed by atoms with E-state index in [0.29, 0.717) is 48.5 Å². The summed E-state index contributed by atoms with van der Waals surface area (Å²) in [6, 6.07) is 6.04. The first-order valence-corrected chi connectivity index (χ1v) is 18.5. The highest BCUT2D eigenvalue weighted by Gasteiger charge is 2.35. The maximum atomic E-state index is 15.2. The zero-order valence-electron chi connectivity index (χ0n) is 27.6. The fraction of sp³-hybridized carbons (Fsp3) is 0.795. The lowest BCUT2D eigenvalue weighted by atomic mass is 9.68. The molecule has 1 aliphatic heterocycles. The lowest BCUT2D eigenvalue weighted by Crippen LogP contribution is -2.34. The summed E-state index contributed by atoms with van der Waals surface area (Å²) in [5.74, 6) is 1.97. The summed E-state index contributed by atoms with van der Waals surface area (Å²) in [4.78, 5) is 0. The molecule has 45 heavy (non-hydrogen) atoms. The number of hydrogen-bond donors (Lipinski definition) is 0. The molecule has 4 fully saturated rings. The number of hydrogen-bond acceptors (Lipinski definition) is 1. The van der Waals surface area contributed by atoms with Crippen molar-refractivity contribution in [2.24, 2.45) is 35.5 Å². The quantitative estimate of drug-likeness (QED) is 0.173. The van der Waals surface area contributed by atoms with Gasteiger partial charge in [-0.3, -0.25) is 0 Å². The average molecular weight is 637 g/mol. The van der Waals surface area contributed by atoms with E-state index in [-0.39, 0.29) is 11.9 Å². The van der Waals surface area contributed by atoms with Crippen LogP contribution in [0.2, 0.25) is 0 Å². The van der Waals surface area contributed by atoms with E-state index in [1.807, 2.05) is 12.1 Å². The number of ether oxygens (including phenoxy) is 1. The van der Waals surface area contributed by atoms with E-state index < -0.39 is 17.9 Å². The third-order valence-corrected chi connectivity index (χ3v) is 12.3. The summed E-state index contributed by atoms with van der Waals surface area (Å²) in [7, 11) is 0. The van der Waals surface area contributed by atoms with E-state index in [1.54, 1.807) is 0 Å². The van der Waals surface area contributed by atoms with Crippen molar-refractivity contribution < 1.29 is 26.7 Å². The Morgan fingerprint density at radius 3 is 2.02 bits per heavy atom. The van der Waals surface area contributed by atoms with Gasteiger partial charge in [-0.25, -0.2) is 8.78 Å². The fourth-order valence-corrected chi connectivity index (χ4v) is 9.40. The van der Waals surface area contributed by atoms with Crippen molar-refractivity contribution >= 4 is 0 Å². The average Bonchev–Trinajstić information content (AvgIpc) is 3.04. The Hall–Kier alpha value is -1.43. The normalized spacial score (nSPS) is 33.7. The molecule has 3 saturated carbocycles. The molecule has 6 heteroatoms. The second kappa shape index (κ2) is 16.6. The first kappa shape index (κ1) is 34.9. The van der Waals surface area contributed by atoms with Crippen LogP contribution in [0, 0.1) is 41.3 Å². The molecule has 3 aliphatic carbocycles. The Labute approximate surface area is 269 Å². The maximum absolute atomic E-state index is 15.2. The third-order valence-electron chi connectivity index (χ3n) is 12.3. The largest absolute Gasteiger partial charge is 0.412 e. The van der Waals surface area contributed by atoms with Gasteiger partial charge in [0.15, 0.2) is 0 Å². The Morgan fingerprint density at radius 1 is 0.778 bits per heavy atom. The monoisotopic (exact) mass is 636 g/mol. The van der Waals surface area contributed by atoms with Gasteiger partial charge < -0.3 is 4.74 Å². The smallest absolute Gasteiger partial charge is 0.378 e. The standard InChI is InChI=1S/C39H57F5O/c1-2-3-4-5-28-9-23-38(45-26-28)34-20-15-31(16-21-34)35-22-19-32(36(40)24-35)12-8-27-6-10-29(11-7-27)30-13-17-33(18-14-30)37(41)25-39(42,43)44/h19,22,24-25,27-31,33-34,38H,2-18,20-21,23,26H2,1H3. The molecule has 0 spiro atoms. The number of allylic oxidation sites excluding steroid dienone is 2. The van der Waals surface area contributed by atoms with Crippen molar-refractivity contribution in [1.82, 2.24) is 0 Å². The molecule has 1 aromatic rings. The Morgan fingerprint density at radius 2 is 1.42 bits per heavy atom. The van der Waals surface area contributed by atoms with Crippen LogP contribution in [0.15, 0.2) is 30.1 Å². The highest BCUT2D eigenvalue weighted by atomic mass is 19.4. The van der Waals surface area contributed by atoms with Gasteiger partial charge in [-0.2, -0.15) is 13.2 Å². The molecule has 0 bridgehead atoms. The number of benzene rings is 1. The van der Waals surface area contributed by atoms with Crippen LogP contribution in [-0.2, 0) is 11.2 Å². The second-order valence-electron chi connectivity index (χ2n) is 15.3. The molecule has 5 rings (SSSR count). The minimum Gasteiger partial charge on any atom is -0.378 e. The van der Waals surface area contributed by atoms with E-state index in [0.717, 1.165) is 82.3 Å². The molecule has 1 aromatic carbocycles. The van der Waals surface area contributed by atoms with E-state index >= 15 is 4.39 Å². The Bertz CT molecular complexity index is 1050. The zero-order chi connectivity index (χ0) is 31.8. The maximum Gasteiger partial charge on any atom is 0.412 e. The van der Waals surface area contributed by atoms with Gasteiger partial charge in [0, 0.05) is 12.5 Å². The van der Waals surface area contributed by atoms with Crippen LogP contribution in [0.5, 0.6) is 0 Å². The summed E-state index contributed by atoms with van der Waals surface area (Å²) in [6.45, 7) is 3.21. The Kier molecular flexibility index (Phi) is 12.9. The number of unbranched alkanes of at least 4 members (excludes halogenated alkanes) is 2. The molecule has 4 aliphatic rings. The molecule has 1 nitrogen and oxygen atoms in total. The third kappa shape index (κ3) is 10.3. The Balaban J connectivity index is 0.989. The number of aryl methyl sites for hydroxylation is 1. The molecule has 0 amide bonds. The van der Waals surface area contributed by atoms with Gasteiger partial charge in [0.25, 0.3) is 0 Å². The van der Waals surface area contributed by atoms with Crippen molar-refractivity contribution in [3.05, 3.63) is 47.0 Å². The molecule has 2 unspecified atom stereocenters. The van der Waals surface area contributed by atoms with Crippen LogP contribution >= 0.6 is 0 Å². The first-order chi connectivity index (χ1) is 21.7. The topological polar surface area (TPSA) is 9.23 Å². The molecule has 254 valence electrons. The van der Waals surface area contributed by atoms with Crippen molar-refractivity contribution in [3.63, 3.8) is 0 Å². The van der Waals surface area contributed by atoms with Crippen molar-refractivity contribution in [1.29, 1.82) is 0 Å². The number of halogens is 5. The molecule has 1 saturated heterocycles. The van der Waals surface area contributed by atoms with Gasteiger partial charge in [0.1, 0.15) is 11.6 Å². The van der Waals surface area contributed by atoms with Gasteiger partial charge >= 0.3 is 6.18 Å². The summed E-state index contributed by atoms with van der Waals surface area (Å²) in [6.07, 6.45) is 17.2. The molecule has 1 heterocycles. The minimum atomic E-state index is -4.58. The van der Waals surface area contributed by atoms with E-state index in [2.05, 4.69) is 13.0 Å². The molecule has 0 aromatic heterocycles. The molecule has 2 atom stereocenters. The molecule has 0 radical (unpaired) electrons. The van der Waals surface area contributed by atoms with Crippen LogP contribution in [0.25, 0.3) is 0 Å². The highest BCUT2D eigenvalue weighted by molar-refractivity contribution is 5.27. The lowest BCUT2D eigenvalue weighted by Gasteiger charge is -2.38. The second-order valence-corrected chi connectivity index (χ2v) is 15.3. The molecule has 0 N–H and O–H groups in total. The van der Waals surface area contributed by atoms with E-state index in [1.165, 1.54) is 56.9 Å². The minimum absolute atomic E-state index is 0.0448. The summed E-state index contributed by atoms with van der Waals surface area (Å²) < 4.78 is 73.2. The van der Waals surface area contributed by atoms with Gasteiger partial charge in [-0.15, -0.1) is 0 Å². The molecular weight excluding hydrogens is 579 g/mol. The van der Waals surface area contributed by atoms with Crippen LogP contribution in [0.1, 0.15) is 146 Å². The number of alkyl halides is 3. The van der Waals surface area contributed by atoms with Crippen LogP contribution in [0.3, 0.4) is 0 Å². The summed E-state index contributed by atoms with van der Waals surface area (Å²) in [5.41, 5.74) is 2.00. The first-order valence-electron chi connectivity index (χ1n) is 18.5.